The van der Waals surface area contributed by atoms with Gasteiger partial charge in [-0.3, -0.25) is 20.6 Å². The van der Waals surface area contributed by atoms with Gasteiger partial charge >= 0.3 is 0 Å². The Morgan fingerprint density at radius 1 is 0.968 bits per heavy atom. The molecule has 0 saturated carbocycles. The van der Waals surface area contributed by atoms with Crippen molar-refractivity contribution in [2.45, 2.75) is 39.3 Å². The van der Waals surface area contributed by atoms with Gasteiger partial charge in [-0.1, -0.05) is 24.3 Å². The number of carbonyl (C=O) groups excluding carboxylic acids is 1. The topological polar surface area (TPSA) is 108 Å². The molecule has 4 rings (SSSR count). The Bertz CT molecular complexity index is 1060. The van der Waals surface area contributed by atoms with Crippen LogP contribution in [0.4, 0.5) is 17.8 Å². The zero-order chi connectivity index (χ0) is 21.8. The summed E-state index contributed by atoms with van der Waals surface area (Å²) in [5.74, 6) is 0.952. The van der Waals surface area contributed by atoms with Crippen LogP contribution < -0.4 is 21.1 Å². The van der Waals surface area contributed by atoms with Gasteiger partial charge in [-0.05, 0) is 50.5 Å². The maximum absolute atomic E-state index is 12.4. The molecule has 3 heterocycles. The first-order valence-electron chi connectivity index (χ1n) is 10.2. The van der Waals surface area contributed by atoms with E-state index in [0.717, 1.165) is 19.5 Å². The lowest BCUT2D eigenvalue weighted by Gasteiger charge is -2.29. The van der Waals surface area contributed by atoms with Crippen LogP contribution in [0, 0.1) is 0 Å². The maximum atomic E-state index is 12.4. The smallest absolute Gasteiger partial charge is 0.269 e. The summed E-state index contributed by atoms with van der Waals surface area (Å²) in [7, 11) is 0. The van der Waals surface area contributed by atoms with Crippen molar-refractivity contribution in [2.75, 3.05) is 22.2 Å². The molecule has 1 aliphatic rings. The highest BCUT2D eigenvalue weighted by molar-refractivity contribution is 5.94. The molecule has 3 aromatic rings. The molecule has 0 unspecified atom stereocenters. The Morgan fingerprint density at radius 2 is 1.68 bits per heavy atom. The van der Waals surface area contributed by atoms with Gasteiger partial charge in [0, 0.05) is 36.6 Å². The normalized spacial score (nSPS) is 13.3. The fourth-order valence-corrected chi connectivity index (χ4v) is 3.31. The summed E-state index contributed by atoms with van der Waals surface area (Å²) >= 11 is 0. The van der Waals surface area contributed by atoms with Gasteiger partial charge in [0.15, 0.2) is 0 Å². The summed E-state index contributed by atoms with van der Waals surface area (Å²) < 4.78 is 0. The number of aromatic nitrogens is 4. The van der Waals surface area contributed by atoms with E-state index in [4.69, 9.17) is 0 Å². The first-order chi connectivity index (χ1) is 14.9. The number of fused-ring (bicyclic) bond motifs is 1. The van der Waals surface area contributed by atoms with E-state index in [1.165, 1.54) is 11.1 Å². The number of amides is 1. The highest BCUT2D eigenvalue weighted by atomic mass is 16.2. The van der Waals surface area contributed by atoms with E-state index in [1.54, 1.807) is 24.5 Å². The summed E-state index contributed by atoms with van der Waals surface area (Å²) in [5, 5.41) is 3.29. The minimum atomic E-state index is -0.304. The van der Waals surface area contributed by atoms with Gasteiger partial charge in [0.2, 0.25) is 17.8 Å². The minimum absolute atomic E-state index is 0.231. The van der Waals surface area contributed by atoms with Crippen molar-refractivity contribution in [3.63, 3.8) is 0 Å². The summed E-state index contributed by atoms with van der Waals surface area (Å²) in [4.78, 5) is 32.0. The molecular weight excluding hydrogens is 392 g/mol. The molecule has 0 saturated heterocycles. The van der Waals surface area contributed by atoms with Crippen LogP contribution in [0.25, 0.3) is 0 Å². The molecule has 2 aromatic heterocycles. The number of hydrazine groups is 1. The van der Waals surface area contributed by atoms with E-state index in [-0.39, 0.29) is 17.4 Å². The van der Waals surface area contributed by atoms with Gasteiger partial charge in [0.1, 0.15) is 0 Å². The van der Waals surface area contributed by atoms with Crippen LogP contribution in [0.3, 0.4) is 0 Å². The van der Waals surface area contributed by atoms with Crippen LogP contribution in [0.5, 0.6) is 0 Å². The quantitative estimate of drug-likeness (QED) is 0.543. The molecule has 160 valence electrons. The standard InChI is InChI=1S/C22H26N8O/c1-22(2,3)27-19-24-20(29-28-18(31)16-8-11-23-12-9-16)26-21(25-19)30-13-10-15-6-4-5-7-17(15)14-30/h4-9,11-12H,10,13-14H2,1-3H3,(H,28,31)(H2,24,25,26,27,29). The Kier molecular flexibility index (Phi) is 5.66. The molecule has 0 atom stereocenters. The van der Waals surface area contributed by atoms with Crippen LogP contribution in [-0.2, 0) is 13.0 Å². The van der Waals surface area contributed by atoms with Crippen molar-refractivity contribution in [1.29, 1.82) is 0 Å². The van der Waals surface area contributed by atoms with E-state index >= 15 is 0 Å². The number of carbonyl (C=O) groups is 1. The third-order valence-electron chi connectivity index (χ3n) is 4.75. The van der Waals surface area contributed by atoms with Crippen molar-refractivity contribution >= 4 is 23.8 Å². The molecule has 1 aromatic carbocycles. The first kappa shape index (κ1) is 20.5. The molecule has 0 fully saturated rings. The third kappa shape index (κ3) is 5.25. The van der Waals surface area contributed by atoms with Crippen LogP contribution in [0.15, 0.2) is 48.8 Å². The second kappa shape index (κ2) is 8.55. The lowest BCUT2D eigenvalue weighted by Crippen LogP contribution is -2.35. The molecule has 3 N–H and O–H groups in total. The Morgan fingerprint density at radius 3 is 2.42 bits per heavy atom. The summed E-state index contributed by atoms with van der Waals surface area (Å²) in [6.07, 6.45) is 4.05. The van der Waals surface area contributed by atoms with Gasteiger partial charge < -0.3 is 10.2 Å². The number of rotatable bonds is 5. The molecule has 9 heteroatoms. The molecule has 31 heavy (non-hydrogen) atoms. The van der Waals surface area contributed by atoms with E-state index in [2.05, 4.69) is 59.2 Å². The number of hydrogen-bond donors (Lipinski definition) is 3. The number of nitrogens with one attached hydrogen (secondary N) is 3. The molecular formula is C22H26N8O. The molecule has 0 radical (unpaired) electrons. The summed E-state index contributed by atoms with van der Waals surface area (Å²) in [6.45, 7) is 7.63. The fourth-order valence-electron chi connectivity index (χ4n) is 3.31. The largest absolute Gasteiger partial charge is 0.349 e. The van der Waals surface area contributed by atoms with Crippen molar-refractivity contribution in [3.8, 4) is 0 Å². The predicted molar refractivity (Wildman–Crippen MR) is 120 cm³/mol. The number of hydrogen-bond acceptors (Lipinski definition) is 8. The lowest BCUT2D eigenvalue weighted by molar-refractivity contribution is 0.0962. The highest BCUT2D eigenvalue weighted by Gasteiger charge is 2.21. The zero-order valence-corrected chi connectivity index (χ0v) is 17.9. The number of anilines is 3. The predicted octanol–water partition coefficient (Wildman–Crippen LogP) is 2.80. The third-order valence-corrected chi connectivity index (χ3v) is 4.75. The van der Waals surface area contributed by atoms with Gasteiger partial charge in [-0.2, -0.15) is 15.0 Å². The van der Waals surface area contributed by atoms with Crippen molar-refractivity contribution in [3.05, 3.63) is 65.5 Å². The Hall–Kier alpha value is -3.75. The van der Waals surface area contributed by atoms with Crippen LogP contribution in [-0.4, -0.2) is 37.9 Å². The molecule has 0 aliphatic carbocycles. The molecule has 1 aliphatic heterocycles. The average Bonchev–Trinajstić information content (AvgIpc) is 2.76. The Balaban J connectivity index is 1.56. The van der Waals surface area contributed by atoms with E-state index < -0.39 is 0 Å². The van der Waals surface area contributed by atoms with Gasteiger partial charge in [0.05, 0.1) is 0 Å². The van der Waals surface area contributed by atoms with Gasteiger partial charge in [-0.15, -0.1) is 0 Å². The van der Waals surface area contributed by atoms with E-state index in [9.17, 15) is 4.79 Å². The summed E-state index contributed by atoms with van der Waals surface area (Å²) in [6, 6.07) is 11.7. The van der Waals surface area contributed by atoms with E-state index in [0.29, 0.717) is 17.5 Å². The monoisotopic (exact) mass is 418 g/mol. The second-order valence-electron chi connectivity index (χ2n) is 8.41. The average molecular weight is 419 g/mol. The highest BCUT2D eigenvalue weighted by Crippen LogP contribution is 2.24. The molecule has 9 nitrogen and oxygen atoms in total. The molecule has 0 spiro atoms. The van der Waals surface area contributed by atoms with Crippen molar-refractivity contribution in [1.82, 2.24) is 25.4 Å². The second-order valence-corrected chi connectivity index (χ2v) is 8.41. The van der Waals surface area contributed by atoms with Crippen LogP contribution in [0.2, 0.25) is 0 Å². The van der Waals surface area contributed by atoms with Crippen LogP contribution >= 0.6 is 0 Å². The SMILES string of the molecule is CC(C)(C)Nc1nc(NNC(=O)c2ccncc2)nc(N2CCc3ccccc3C2)n1. The van der Waals surface area contributed by atoms with Gasteiger partial charge in [0.25, 0.3) is 5.91 Å². The number of benzene rings is 1. The minimum Gasteiger partial charge on any atom is -0.349 e. The number of pyridine rings is 1. The molecule has 1 amide bonds. The van der Waals surface area contributed by atoms with Crippen molar-refractivity contribution in [2.24, 2.45) is 0 Å². The van der Waals surface area contributed by atoms with E-state index in [1.807, 2.05) is 26.8 Å². The summed E-state index contributed by atoms with van der Waals surface area (Å²) in [5.41, 5.74) is 8.32. The fraction of sp³-hybridized carbons (Fsp3) is 0.318. The first-order valence-corrected chi connectivity index (χ1v) is 10.2. The maximum Gasteiger partial charge on any atom is 0.269 e. The van der Waals surface area contributed by atoms with Crippen LogP contribution in [0.1, 0.15) is 42.3 Å². The lowest BCUT2D eigenvalue weighted by atomic mass is 10.0. The number of nitrogens with zero attached hydrogens (tertiary/aromatic N) is 5. The zero-order valence-electron chi connectivity index (χ0n) is 17.9. The Labute approximate surface area is 181 Å². The van der Waals surface area contributed by atoms with Crippen molar-refractivity contribution < 1.29 is 4.79 Å². The van der Waals surface area contributed by atoms with Gasteiger partial charge in [-0.25, -0.2) is 0 Å². The molecule has 0 bridgehead atoms.